The molecule has 0 bridgehead atoms. The Morgan fingerprint density at radius 3 is 2.70 bits per heavy atom. The van der Waals surface area contributed by atoms with E-state index in [1.165, 1.54) is 6.07 Å². The summed E-state index contributed by atoms with van der Waals surface area (Å²) in [5.74, 6) is -1.15. The number of ketones is 1. The van der Waals surface area contributed by atoms with Crippen molar-refractivity contribution in [1.29, 1.82) is 0 Å². The van der Waals surface area contributed by atoms with Crippen molar-refractivity contribution >= 4 is 16.6 Å². The molecule has 0 saturated carbocycles. The Kier molecular flexibility index (Phi) is 2.40. The minimum atomic E-state index is -1.18. The highest BCUT2D eigenvalue weighted by Gasteiger charge is 2.34. The standard InChI is InChI=1S/C13H10N2O5/c1-5-2-3-6-10-7(13(18)15(20)12(6)17)4-8(16)11(14-19)9(5)10/h2-3,11,18,20H,4H2,1H3. The first-order valence-corrected chi connectivity index (χ1v) is 5.91. The molecule has 20 heavy (non-hydrogen) atoms. The Labute approximate surface area is 112 Å². The highest BCUT2D eigenvalue weighted by atomic mass is 16.5. The molecule has 0 spiro atoms. The zero-order chi connectivity index (χ0) is 14.6. The average Bonchev–Trinajstić information content (AvgIpc) is 2.43. The first-order chi connectivity index (χ1) is 9.47. The topological polar surface area (TPSA) is 109 Å². The van der Waals surface area contributed by atoms with Crippen LogP contribution in [0.25, 0.3) is 10.8 Å². The molecule has 7 heteroatoms. The second-order valence-corrected chi connectivity index (χ2v) is 4.79. The molecule has 0 radical (unpaired) electrons. The van der Waals surface area contributed by atoms with Crippen molar-refractivity contribution in [2.75, 3.05) is 0 Å². The summed E-state index contributed by atoms with van der Waals surface area (Å²) in [6.45, 7) is 1.69. The highest BCUT2D eigenvalue weighted by Crippen LogP contribution is 2.39. The number of benzene rings is 1. The summed E-state index contributed by atoms with van der Waals surface area (Å²) in [7, 11) is 0. The molecule has 2 aromatic rings. The molecule has 1 aromatic heterocycles. The van der Waals surface area contributed by atoms with Crippen molar-refractivity contribution in [2.24, 2.45) is 5.18 Å². The fourth-order valence-corrected chi connectivity index (χ4v) is 2.74. The summed E-state index contributed by atoms with van der Waals surface area (Å²) in [6.07, 6.45) is -0.254. The Morgan fingerprint density at radius 1 is 1.35 bits per heavy atom. The molecule has 2 N–H and O–H groups in total. The van der Waals surface area contributed by atoms with Gasteiger partial charge in [0.25, 0.3) is 5.56 Å². The van der Waals surface area contributed by atoms with Crippen LogP contribution in [-0.4, -0.2) is 20.8 Å². The first kappa shape index (κ1) is 12.3. The van der Waals surface area contributed by atoms with Crippen molar-refractivity contribution in [3.05, 3.63) is 44.1 Å². The van der Waals surface area contributed by atoms with E-state index in [4.69, 9.17) is 0 Å². The molecule has 0 amide bonds. The Balaban J connectivity index is 2.62. The van der Waals surface area contributed by atoms with Gasteiger partial charge in [-0.1, -0.05) is 11.2 Å². The van der Waals surface area contributed by atoms with Crippen molar-refractivity contribution in [3.63, 3.8) is 0 Å². The Morgan fingerprint density at radius 2 is 2.05 bits per heavy atom. The number of nitroso groups, excluding NO2 is 1. The third-order valence-electron chi connectivity index (χ3n) is 3.69. The van der Waals surface area contributed by atoms with Crippen LogP contribution in [0.3, 0.4) is 0 Å². The van der Waals surface area contributed by atoms with Gasteiger partial charge in [0, 0.05) is 17.4 Å². The van der Waals surface area contributed by atoms with E-state index in [9.17, 15) is 24.8 Å². The lowest BCUT2D eigenvalue weighted by molar-refractivity contribution is -0.119. The maximum absolute atomic E-state index is 12.0. The third kappa shape index (κ3) is 1.34. The predicted molar refractivity (Wildman–Crippen MR) is 69.0 cm³/mol. The number of nitrogens with zero attached hydrogens (tertiary/aromatic N) is 2. The van der Waals surface area contributed by atoms with Gasteiger partial charge in [-0.2, -0.15) is 0 Å². The van der Waals surface area contributed by atoms with Crippen LogP contribution in [0.4, 0.5) is 0 Å². The highest BCUT2D eigenvalue weighted by molar-refractivity contribution is 6.03. The van der Waals surface area contributed by atoms with Gasteiger partial charge in [-0.15, -0.1) is 9.64 Å². The summed E-state index contributed by atoms with van der Waals surface area (Å²) in [5.41, 5.74) is 0.301. The molecule has 3 rings (SSSR count). The van der Waals surface area contributed by atoms with Crippen LogP contribution in [0, 0.1) is 11.8 Å². The third-order valence-corrected chi connectivity index (χ3v) is 3.69. The van der Waals surface area contributed by atoms with Gasteiger partial charge in [-0.05, 0) is 24.1 Å². The van der Waals surface area contributed by atoms with Gasteiger partial charge >= 0.3 is 0 Å². The SMILES string of the molecule is Cc1ccc2c(=O)n(O)c(O)c3c2c1C(N=O)C(=O)C3. The maximum Gasteiger partial charge on any atom is 0.294 e. The van der Waals surface area contributed by atoms with Gasteiger partial charge in [0.15, 0.2) is 11.8 Å². The molecule has 1 unspecified atom stereocenters. The number of aromatic nitrogens is 1. The summed E-state index contributed by atoms with van der Waals surface area (Å²) < 4.78 is 0.110. The number of aryl methyl sites for hydroxylation is 1. The summed E-state index contributed by atoms with van der Waals surface area (Å²) in [6, 6.07) is 1.89. The van der Waals surface area contributed by atoms with Gasteiger partial charge in [-0.3, -0.25) is 9.59 Å². The summed E-state index contributed by atoms with van der Waals surface area (Å²) in [5, 5.41) is 22.7. The Hall–Kier alpha value is -2.70. The Bertz CT molecular complexity index is 837. The van der Waals surface area contributed by atoms with E-state index in [-0.39, 0.29) is 22.1 Å². The van der Waals surface area contributed by atoms with Gasteiger partial charge in [0.05, 0.1) is 5.39 Å². The summed E-state index contributed by atoms with van der Waals surface area (Å²) >= 11 is 0. The summed E-state index contributed by atoms with van der Waals surface area (Å²) in [4.78, 5) is 34.8. The number of Topliss-reactive ketones (excluding diaryl/α,β-unsaturated/α-hetero) is 1. The fourth-order valence-electron chi connectivity index (χ4n) is 2.74. The van der Waals surface area contributed by atoms with E-state index in [1.807, 2.05) is 0 Å². The molecule has 1 atom stereocenters. The molecule has 1 aliphatic rings. The molecular weight excluding hydrogens is 264 g/mol. The smallest absolute Gasteiger partial charge is 0.294 e. The van der Waals surface area contributed by atoms with Crippen LogP contribution in [0.1, 0.15) is 22.7 Å². The van der Waals surface area contributed by atoms with Gasteiger partial charge < -0.3 is 10.3 Å². The molecule has 0 fully saturated rings. The van der Waals surface area contributed by atoms with E-state index in [0.29, 0.717) is 16.5 Å². The predicted octanol–water partition coefficient (Wildman–Crippen LogP) is 1.19. The number of hydrogen-bond acceptors (Lipinski definition) is 6. The van der Waals surface area contributed by atoms with Crippen molar-refractivity contribution < 1.29 is 15.1 Å². The van der Waals surface area contributed by atoms with E-state index in [2.05, 4.69) is 5.18 Å². The zero-order valence-electron chi connectivity index (χ0n) is 10.5. The molecule has 102 valence electrons. The second kappa shape index (κ2) is 3.89. The molecule has 1 aliphatic carbocycles. The molecular formula is C13H10N2O5. The van der Waals surface area contributed by atoms with E-state index < -0.39 is 23.3 Å². The van der Waals surface area contributed by atoms with Crippen LogP contribution >= 0.6 is 0 Å². The van der Waals surface area contributed by atoms with E-state index in [0.717, 1.165) is 0 Å². The van der Waals surface area contributed by atoms with Crippen LogP contribution in [0.5, 0.6) is 5.88 Å². The quantitative estimate of drug-likeness (QED) is 0.599. The van der Waals surface area contributed by atoms with E-state index in [1.54, 1.807) is 13.0 Å². The molecule has 1 aromatic carbocycles. The molecule has 0 saturated heterocycles. The lowest BCUT2D eigenvalue weighted by Gasteiger charge is -2.23. The largest absolute Gasteiger partial charge is 0.492 e. The van der Waals surface area contributed by atoms with Crippen LogP contribution < -0.4 is 5.56 Å². The van der Waals surface area contributed by atoms with Crippen molar-refractivity contribution in [1.82, 2.24) is 4.73 Å². The average molecular weight is 274 g/mol. The second-order valence-electron chi connectivity index (χ2n) is 4.79. The zero-order valence-corrected chi connectivity index (χ0v) is 10.5. The fraction of sp³-hybridized carbons (Fsp3) is 0.231. The van der Waals surface area contributed by atoms with E-state index >= 15 is 0 Å². The maximum atomic E-state index is 12.0. The van der Waals surface area contributed by atoms with Crippen LogP contribution in [0.15, 0.2) is 22.1 Å². The molecule has 7 nitrogen and oxygen atoms in total. The lowest BCUT2D eigenvalue weighted by Crippen LogP contribution is -2.26. The number of rotatable bonds is 1. The molecule has 0 aliphatic heterocycles. The van der Waals surface area contributed by atoms with Crippen LogP contribution in [0.2, 0.25) is 0 Å². The van der Waals surface area contributed by atoms with Gasteiger partial charge in [-0.25, -0.2) is 0 Å². The van der Waals surface area contributed by atoms with Crippen molar-refractivity contribution in [3.8, 4) is 5.88 Å². The van der Waals surface area contributed by atoms with Crippen molar-refractivity contribution in [2.45, 2.75) is 19.4 Å². The van der Waals surface area contributed by atoms with Crippen LogP contribution in [-0.2, 0) is 11.2 Å². The number of carbonyl (C=O) groups is 1. The number of hydrogen-bond donors (Lipinski definition) is 2. The molecule has 1 heterocycles. The minimum absolute atomic E-state index is 0.110. The van der Waals surface area contributed by atoms with Gasteiger partial charge in [0.2, 0.25) is 5.88 Å². The number of carbonyl (C=O) groups excluding carboxylic acids is 1. The number of pyridine rings is 1. The number of aromatic hydroxyl groups is 1. The van der Waals surface area contributed by atoms with Gasteiger partial charge in [0.1, 0.15) is 0 Å². The first-order valence-electron chi connectivity index (χ1n) is 5.91. The minimum Gasteiger partial charge on any atom is -0.492 e. The lowest BCUT2D eigenvalue weighted by atomic mass is 9.83. The normalized spacial score (nSPS) is 17.4. The monoisotopic (exact) mass is 274 g/mol.